The zero-order valence-electron chi connectivity index (χ0n) is 11.4. The Morgan fingerprint density at radius 1 is 1.10 bits per heavy atom. The molecule has 0 aliphatic rings. The maximum absolute atomic E-state index is 12.0. The number of methoxy groups -OCH3 is 1. The molecule has 0 N–H and O–H groups in total. The second-order valence-electron chi connectivity index (χ2n) is 4.28. The van der Waals surface area contributed by atoms with Crippen molar-refractivity contribution in [3.63, 3.8) is 0 Å². The fourth-order valence-corrected chi connectivity index (χ4v) is 2.89. The smallest absolute Gasteiger partial charge is 0.337 e. The van der Waals surface area contributed by atoms with Crippen molar-refractivity contribution in [1.29, 1.82) is 0 Å². The summed E-state index contributed by atoms with van der Waals surface area (Å²) < 4.78 is 28.7. The van der Waals surface area contributed by atoms with Crippen LogP contribution in [0.5, 0.6) is 0 Å². The molecule has 0 radical (unpaired) electrons. The molecule has 0 unspecified atom stereocenters. The molecule has 0 aliphatic heterocycles. The Morgan fingerprint density at radius 3 is 2.29 bits per heavy atom. The molecular formula is C16H14O4S. The first-order chi connectivity index (χ1) is 9.99. The van der Waals surface area contributed by atoms with Crippen LogP contribution in [0.2, 0.25) is 0 Å². The Balaban J connectivity index is 2.53. The number of sulfone groups is 1. The van der Waals surface area contributed by atoms with Gasteiger partial charge in [-0.15, -0.1) is 0 Å². The van der Waals surface area contributed by atoms with Crippen LogP contribution in [0.1, 0.15) is 10.4 Å². The highest BCUT2D eigenvalue weighted by molar-refractivity contribution is 7.94. The van der Waals surface area contributed by atoms with Crippen LogP contribution < -0.4 is 0 Å². The molecule has 0 saturated carbocycles. The molecule has 2 aromatic carbocycles. The SMILES string of the molecule is C=CS(=O)(=O)c1ccccc1-c1ccc(C(=O)OC)cc1. The average molecular weight is 302 g/mol. The van der Waals surface area contributed by atoms with Gasteiger partial charge in [-0.05, 0) is 23.8 Å². The van der Waals surface area contributed by atoms with Crippen LogP contribution in [0.4, 0.5) is 0 Å². The number of carbonyl (C=O) groups excluding carboxylic acids is 1. The van der Waals surface area contributed by atoms with Crippen molar-refractivity contribution < 1.29 is 17.9 Å². The summed E-state index contributed by atoms with van der Waals surface area (Å²) in [6.45, 7) is 3.34. The predicted octanol–water partition coefficient (Wildman–Crippen LogP) is 3.06. The first-order valence-electron chi connectivity index (χ1n) is 6.15. The van der Waals surface area contributed by atoms with Gasteiger partial charge in [0.25, 0.3) is 0 Å². The van der Waals surface area contributed by atoms with Crippen LogP contribution in [0.25, 0.3) is 11.1 Å². The van der Waals surface area contributed by atoms with Gasteiger partial charge in [0.05, 0.1) is 17.6 Å². The van der Waals surface area contributed by atoms with Crippen LogP contribution >= 0.6 is 0 Å². The monoisotopic (exact) mass is 302 g/mol. The van der Waals surface area contributed by atoms with Crippen molar-refractivity contribution >= 4 is 15.8 Å². The predicted molar refractivity (Wildman–Crippen MR) is 80.6 cm³/mol. The van der Waals surface area contributed by atoms with Gasteiger partial charge in [0.1, 0.15) is 0 Å². The van der Waals surface area contributed by atoms with Gasteiger partial charge >= 0.3 is 5.97 Å². The minimum Gasteiger partial charge on any atom is -0.465 e. The molecule has 0 saturated heterocycles. The molecule has 0 fully saturated rings. The molecule has 4 nitrogen and oxygen atoms in total. The van der Waals surface area contributed by atoms with E-state index in [1.165, 1.54) is 13.2 Å². The second kappa shape index (κ2) is 5.93. The normalized spacial score (nSPS) is 10.9. The molecule has 5 heteroatoms. The molecule has 0 aromatic heterocycles. The van der Waals surface area contributed by atoms with E-state index in [2.05, 4.69) is 11.3 Å². The Morgan fingerprint density at radius 2 is 1.71 bits per heavy atom. The maximum Gasteiger partial charge on any atom is 0.337 e. The summed E-state index contributed by atoms with van der Waals surface area (Å²) in [4.78, 5) is 11.6. The fraction of sp³-hybridized carbons (Fsp3) is 0.0625. The van der Waals surface area contributed by atoms with Crippen molar-refractivity contribution in [2.45, 2.75) is 4.90 Å². The Hall–Kier alpha value is -2.40. The lowest BCUT2D eigenvalue weighted by molar-refractivity contribution is 0.0600. The third kappa shape index (κ3) is 3.03. The van der Waals surface area contributed by atoms with Gasteiger partial charge in [-0.2, -0.15) is 0 Å². The van der Waals surface area contributed by atoms with Gasteiger partial charge in [0.2, 0.25) is 0 Å². The van der Waals surface area contributed by atoms with Crippen molar-refractivity contribution in [3.8, 4) is 11.1 Å². The van der Waals surface area contributed by atoms with Crippen LogP contribution in [0, 0.1) is 0 Å². The van der Waals surface area contributed by atoms with E-state index in [1.54, 1.807) is 42.5 Å². The molecule has 0 heterocycles. The first kappa shape index (κ1) is 15.0. The van der Waals surface area contributed by atoms with Gasteiger partial charge < -0.3 is 4.74 Å². The molecule has 0 amide bonds. The lowest BCUT2D eigenvalue weighted by Crippen LogP contribution is -2.01. The molecule has 108 valence electrons. The number of rotatable bonds is 4. The molecule has 0 spiro atoms. The van der Waals surface area contributed by atoms with Crippen molar-refractivity contribution in [2.24, 2.45) is 0 Å². The Kier molecular flexibility index (Phi) is 4.23. The Bertz CT molecular complexity index is 774. The topological polar surface area (TPSA) is 60.4 Å². The van der Waals surface area contributed by atoms with Crippen molar-refractivity contribution in [2.75, 3.05) is 7.11 Å². The quantitative estimate of drug-likeness (QED) is 0.814. The zero-order chi connectivity index (χ0) is 15.5. The van der Waals surface area contributed by atoms with E-state index in [0.717, 1.165) is 5.41 Å². The summed E-state index contributed by atoms with van der Waals surface area (Å²) in [5.74, 6) is -0.437. The number of esters is 1. The lowest BCUT2D eigenvalue weighted by atomic mass is 10.0. The van der Waals surface area contributed by atoms with Crippen molar-refractivity contribution in [1.82, 2.24) is 0 Å². The van der Waals surface area contributed by atoms with E-state index in [4.69, 9.17) is 0 Å². The summed E-state index contributed by atoms with van der Waals surface area (Å²) in [7, 11) is -2.23. The van der Waals surface area contributed by atoms with E-state index in [0.29, 0.717) is 16.7 Å². The van der Waals surface area contributed by atoms with Crippen LogP contribution in [0.3, 0.4) is 0 Å². The van der Waals surface area contributed by atoms with E-state index in [9.17, 15) is 13.2 Å². The van der Waals surface area contributed by atoms with E-state index < -0.39 is 15.8 Å². The van der Waals surface area contributed by atoms with Gasteiger partial charge in [-0.1, -0.05) is 36.9 Å². The standard InChI is InChI=1S/C16H14O4S/c1-3-21(18,19)15-7-5-4-6-14(15)12-8-10-13(11-9-12)16(17)20-2/h3-11H,1H2,2H3. The van der Waals surface area contributed by atoms with Crippen LogP contribution in [-0.4, -0.2) is 21.5 Å². The number of carbonyl (C=O) groups is 1. The number of benzene rings is 2. The highest BCUT2D eigenvalue weighted by Crippen LogP contribution is 2.28. The molecular weight excluding hydrogens is 288 g/mol. The van der Waals surface area contributed by atoms with E-state index >= 15 is 0 Å². The fourth-order valence-electron chi connectivity index (χ4n) is 1.95. The summed E-state index contributed by atoms with van der Waals surface area (Å²) in [5, 5.41) is 0.925. The average Bonchev–Trinajstić information content (AvgIpc) is 2.54. The summed E-state index contributed by atoms with van der Waals surface area (Å²) in [5.41, 5.74) is 1.67. The van der Waals surface area contributed by atoms with Gasteiger partial charge in [-0.3, -0.25) is 0 Å². The zero-order valence-corrected chi connectivity index (χ0v) is 12.3. The number of hydrogen-bond acceptors (Lipinski definition) is 4. The van der Waals surface area contributed by atoms with Gasteiger partial charge in [0.15, 0.2) is 9.84 Å². The lowest BCUT2D eigenvalue weighted by Gasteiger charge is -2.08. The van der Waals surface area contributed by atoms with Crippen LogP contribution in [0.15, 0.2) is 65.4 Å². The minimum absolute atomic E-state index is 0.186. The number of hydrogen-bond donors (Lipinski definition) is 0. The van der Waals surface area contributed by atoms with Crippen molar-refractivity contribution in [3.05, 3.63) is 66.1 Å². The third-order valence-electron chi connectivity index (χ3n) is 3.03. The van der Waals surface area contributed by atoms with Gasteiger partial charge in [-0.25, -0.2) is 13.2 Å². The molecule has 2 rings (SSSR count). The Labute approximate surface area is 123 Å². The maximum atomic E-state index is 12.0. The number of ether oxygens (including phenoxy) is 1. The summed E-state index contributed by atoms with van der Waals surface area (Å²) in [6.07, 6.45) is 0. The highest BCUT2D eigenvalue weighted by Gasteiger charge is 2.16. The first-order valence-corrected chi connectivity index (χ1v) is 7.69. The van der Waals surface area contributed by atoms with Crippen LogP contribution in [-0.2, 0) is 14.6 Å². The van der Waals surface area contributed by atoms with Gasteiger partial charge in [0, 0.05) is 11.0 Å². The summed E-state index contributed by atoms with van der Waals surface area (Å²) in [6, 6.07) is 13.2. The highest BCUT2D eigenvalue weighted by atomic mass is 32.2. The summed E-state index contributed by atoms with van der Waals surface area (Å²) >= 11 is 0. The third-order valence-corrected chi connectivity index (χ3v) is 4.44. The molecule has 21 heavy (non-hydrogen) atoms. The molecule has 0 aliphatic carbocycles. The molecule has 0 bridgehead atoms. The largest absolute Gasteiger partial charge is 0.465 e. The van der Waals surface area contributed by atoms with E-state index in [-0.39, 0.29) is 4.90 Å². The van der Waals surface area contributed by atoms with E-state index in [1.807, 2.05) is 0 Å². The second-order valence-corrected chi connectivity index (χ2v) is 6.14. The minimum atomic E-state index is -3.54. The molecule has 2 aromatic rings. The molecule has 0 atom stereocenters.